The second kappa shape index (κ2) is 11.0. The summed E-state index contributed by atoms with van der Waals surface area (Å²) in [7, 11) is 0. The number of rotatable bonds is 3. The molecule has 0 unspecified atom stereocenters. The van der Waals surface area contributed by atoms with Gasteiger partial charge in [0.1, 0.15) is 11.5 Å². The first-order valence-electron chi connectivity index (χ1n) is 18.3. The second-order valence-corrected chi connectivity index (χ2v) is 14.9. The molecule has 53 heavy (non-hydrogen) atoms. The average Bonchev–Trinajstić information content (AvgIpc) is 3.64. The van der Waals surface area contributed by atoms with Crippen molar-refractivity contribution in [3.63, 3.8) is 0 Å². The van der Waals surface area contributed by atoms with Gasteiger partial charge in [0, 0.05) is 38.8 Å². The minimum Gasteiger partial charge on any atom is -0.456 e. The first-order valence-corrected chi connectivity index (χ1v) is 18.3. The molecule has 0 radical (unpaired) electrons. The largest absolute Gasteiger partial charge is 0.456 e. The molecule has 0 N–H and O–H groups in total. The Bertz CT molecular complexity index is 2680. The molecular formula is C50H34N2O. The van der Waals surface area contributed by atoms with Crippen LogP contribution in [0.3, 0.4) is 0 Å². The minimum atomic E-state index is -0.538. The lowest BCUT2D eigenvalue weighted by Crippen LogP contribution is -2.32. The van der Waals surface area contributed by atoms with Gasteiger partial charge in [-0.1, -0.05) is 172 Å². The van der Waals surface area contributed by atoms with Gasteiger partial charge in [0.05, 0.1) is 16.8 Å². The highest BCUT2D eigenvalue weighted by atomic mass is 16.5. The van der Waals surface area contributed by atoms with Crippen molar-refractivity contribution >= 4 is 0 Å². The summed E-state index contributed by atoms with van der Waals surface area (Å²) in [4.78, 5) is 10.4. The van der Waals surface area contributed by atoms with Crippen molar-refractivity contribution in [1.82, 2.24) is 9.97 Å². The van der Waals surface area contributed by atoms with Crippen molar-refractivity contribution < 1.29 is 4.74 Å². The Balaban J connectivity index is 1.23. The molecule has 3 aliphatic rings. The quantitative estimate of drug-likeness (QED) is 0.187. The molecule has 0 atom stereocenters. The summed E-state index contributed by atoms with van der Waals surface area (Å²) in [5, 5.41) is 0. The molecule has 1 aliphatic heterocycles. The first-order chi connectivity index (χ1) is 26.0. The lowest BCUT2D eigenvalue weighted by Gasteiger charge is -2.40. The fourth-order valence-corrected chi connectivity index (χ4v) is 9.45. The maximum Gasteiger partial charge on any atom is 0.160 e. The van der Waals surface area contributed by atoms with Crippen LogP contribution in [-0.2, 0) is 10.8 Å². The zero-order valence-corrected chi connectivity index (χ0v) is 29.5. The Labute approximate surface area is 309 Å². The third-order valence-corrected chi connectivity index (χ3v) is 11.8. The van der Waals surface area contributed by atoms with Crippen LogP contribution in [-0.4, -0.2) is 9.97 Å². The van der Waals surface area contributed by atoms with E-state index < -0.39 is 5.41 Å². The fourth-order valence-electron chi connectivity index (χ4n) is 9.45. The van der Waals surface area contributed by atoms with E-state index in [4.69, 9.17) is 14.7 Å². The Kier molecular flexibility index (Phi) is 6.22. The van der Waals surface area contributed by atoms with Crippen LogP contribution in [0.1, 0.15) is 47.2 Å². The number of hydrogen-bond donors (Lipinski definition) is 0. The smallest absolute Gasteiger partial charge is 0.160 e. The van der Waals surface area contributed by atoms with Crippen LogP contribution in [0.5, 0.6) is 11.5 Å². The number of nitrogens with zero attached hydrogens (tertiary/aromatic N) is 2. The van der Waals surface area contributed by atoms with Crippen molar-refractivity contribution in [2.24, 2.45) is 0 Å². The predicted molar refractivity (Wildman–Crippen MR) is 213 cm³/mol. The molecule has 0 saturated heterocycles. The van der Waals surface area contributed by atoms with Gasteiger partial charge >= 0.3 is 0 Å². The molecule has 0 amide bonds. The van der Waals surface area contributed by atoms with Crippen molar-refractivity contribution in [3.8, 4) is 67.7 Å². The molecule has 250 valence electrons. The van der Waals surface area contributed by atoms with E-state index in [-0.39, 0.29) is 5.41 Å². The third-order valence-electron chi connectivity index (χ3n) is 11.8. The SMILES string of the molecule is CC1(C)c2cccc(-c3cc(-c4ccccc4)nc(-c4ccccc4)n3)c2-c2c1ccc1c2Oc2ccccc2C12c1ccccc1-c1ccccc12. The van der Waals surface area contributed by atoms with Crippen LogP contribution < -0.4 is 4.74 Å². The van der Waals surface area contributed by atoms with E-state index in [9.17, 15) is 0 Å². The van der Waals surface area contributed by atoms with Gasteiger partial charge < -0.3 is 4.74 Å². The van der Waals surface area contributed by atoms with E-state index in [0.29, 0.717) is 5.82 Å². The normalized spacial score (nSPS) is 14.7. The number of ether oxygens (including phenoxy) is 1. The lowest BCUT2D eigenvalue weighted by molar-refractivity contribution is 0.437. The molecule has 0 saturated carbocycles. The molecule has 3 nitrogen and oxygen atoms in total. The fraction of sp³-hybridized carbons (Fsp3) is 0.0800. The highest BCUT2D eigenvalue weighted by Gasteiger charge is 2.53. The Morgan fingerprint density at radius 1 is 0.415 bits per heavy atom. The zero-order valence-electron chi connectivity index (χ0n) is 29.5. The van der Waals surface area contributed by atoms with E-state index in [2.05, 4.69) is 159 Å². The second-order valence-electron chi connectivity index (χ2n) is 14.9. The summed E-state index contributed by atoms with van der Waals surface area (Å²) >= 11 is 0. The van der Waals surface area contributed by atoms with Gasteiger partial charge in [-0.05, 0) is 51.1 Å². The van der Waals surface area contributed by atoms with Crippen LogP contribution in [0.2, 0.25) is 0 Å². The topological polar surface area (TPSA) is 35.0 Å². The van der Waals surface area contributed by atoms with Gasteiger partial charge in [0.15, 0.2) is 5.82 Å². The summed E-state index contributed by atoms with van der Waals surface area (Å²) in [5.41, 5.74) is 16.4. The monoisotopic (exact) mass is 678 g/mol. The Hall–Kier alpha value is -6.58. The highest BCUT2D eigenvalue weighted by molar-refractivity contribution is 5.98. The number of fused-ring (bicyclic) bond motifs is 13. The van der Waals surface area contributed by atoms with Crippen molar-refractivity contribution in [1.29, 1.82) is 0 Å². The molecular weight excluding hydrogens is 645 g/mol. The molecule has 11 rings (SSSR count). The van der Waals surface area contributed by atoms with Gasteiger partial charge in [0.2, 0.25) is 0 Å². The molecule has 0 bridgehead atoms. The van der Waals surface area contributed by atoms with Crippen molar-refractivity contribution in [3.05, 3.63) is 203 Å². The maximum atomic E-state index is 7.23. The van der Waals surface area contributed by atoms with Crippen molar-refractivity contribution in [2.45, 2.75) is 24.7 Å². The average molecular weight is 679 g/mol. The lowest BCUT2D eigenvalue weighted by atomic mass is 9.65. The van der Waals surface area contributed by atoms with Gasteiger partial charge in [-0.3, -0.25) is 0 Å². The highest BCUT2D eigenvalue weighted by Crippen LogP contribution is 2.66. The van der Waals surface area contributed by atoms with E-state index in [1.807, 2.05) is 24.3 Å². The van der Waals surface area contributed by atoms with Gasteiger partial charge in [-0.2, -0.15) is 0 Å². The summed E-state index contributed by atoms with van der Waals surface area (Å²) in [6, 6.07) is 60.7. The van der Waals surface area contributed by atoms with E-state index in [1.54, 1.807) is 0 Å². The summed E-state index contributed by atoms with van der Waals surface area (Å²) in [6.45, 7) is 4.68. The van der Waals surface area contributed by atoms with Crippen LogP contribution in [0.15, 0.2) is 170 Å². The molecule has 0 fully saturated rings. The van der Waals surface area contributed by atoms with Gasteiger partial charge in [0.25, 0.3) is 0 Å². The number of benzene rings is 7. The minimum absolute atomic E-state index is 0.272. The van der Waals surface area contributed by atoms with Crippen LogP contribution >= 0.6 is 0 Å². The van der Waals surface area contributed by atoms with E-state index in [1.165, 1.54) is 50.1 Å². The Morgan fingerprint density at radius 2 is 0.943 bits per heavy atom. The van der Waals surface area contributed by atoms with Gasteiger partial charge in [-0.25, -0.2) is 9.97 Å². The number of hydrogen-bond acceptors (Lipinski definition) is 3. The van der Waals surface area contributed by atoms with Gasteiger partial charge in [-0.15, -0.1) is 0 Å². The predicted octanol–water partition coefficient (Wildman–Crippen LogP) is 12.3. The molecule has 1 spiro atoms. The van der Waals surface area contributed by atoms with Crippen LogP contribution in [0.25, 0.3) is 56.2 Å². The van der Waals surface area contributed by atoms with E-state index in [0.717, 1.165) is 45.1 Å². The molecule has 3 heteroatoms. The third kappa shape index (κ3) is 4.05. The van der Waals surface area contributed by atoms with Crippen LogP contribution in [0, 0.1) is 0 Å². The summed E-state index contributed by atoms with van der Waals surface area (Å²) in [6.07, 6.45) is 0. The zero-order chi connectivity index (χ0) is 35.3. The molecule has 7 aromatic carbocycles. The number of para-hydroxylation sites is 1. The van der Waals surface area contributed by atoms with Crippen molar-refractivity contribution in [2.75, 3.05) is 0 Å². The number of aromatic nitrogens is 2. The molecule has 8 aromatic rings. The Morgan fingerprint density at radius 3 is 1.66 bits per heavy atom. The molecule has 2 aliphatic carbocycles. The molecule has 1 aromatic heterocycles. The standard InChI is InChI=1S/C50H34N2O/c1-49(2)39-26-15-22-35(43-30-42(31-16-5-3-6-17-31)51-48(52-43)32-18-7-4-8-19-32)45(39)46-40(49)28-29-41-47(46)53-44-27-14-13-25-38(44)50(41)36-23-11-9-20-33(36)34-21-10-12-24-37(34)50/h3-30H,1-2H3. The summed E-state index contributed by atoms with van der Waals surface area (Å²) in [5.74, 6) is 2.52. The molecule has 2 heterocycles. The first kappa shape index (κ1) is 30.1. The van der Waals surface area contributed by atoms with E-state index >= 15 is 0 Å². The maximum absolute atomic E-state index is 7.23. The van der Waals surface area contributed by atoms with Crippen LogP contribution in [0.4, 0.5) is 0 Å². The summed E-state index contributed by atoms with van der Waals surface area (Å²) < 4.78 is 7.23.